The summed E-state index contributed by atoms with van der Waals surface area (Å²) < 4.78 is 2.20. The third kappa shape index (κ3) is 5.37. The summed E-state index contributed by atoms with van der Waals surface area (Å²) in [5, 5.41) is 3.04. The van der Waals surface area contributed by atoms with Gasteiger partial charge in [-0.2, -0.15) is 0 Å². The highest BCUT2D eigenvalue weighted by atomic mass is 16.2. The normalized spacial score (nSPS) is 15.0. The fraction of sp³-hybridized carbons (Fsp3) is 0.385. The van der Waals surface area contributed by atoms with Gasteiger partial charge >= 0.3 is 6.03 Å². The number of aromatic nitrogens is 2. The monoisotopic (exact) mass is 431 g/mol. The lowest BCUT2D eigenvalue weighted by molar-refractivity contribution is 0.144. The second-order valence-corrected chi connectivity index (χ2v) is 9.40. The molecule has 1 saturated heterocycles. The average Bonchev–Trinajstić information content (AvgIpc) is 3.27. The van der Waals surface area contributed by atoms with Gasteiger partial charge in [-0.05, 0) is 23.1 Å². The lowest BCUT2D eigenvalue weighted by atomic mass is 9.87. The molecule has 168 valence electrons. The Kier molecular flexibility index (Phi) is 6.61. The van der Waals surface area contributed by atoms with E-state index in [0.29, 0.717) is 0 Å². The zero-order valence-electron chi connectivity index (χ0n) is 19.3. The Bertz CT molecular complexity index is 1010. The zero-order chi connectivity index (χ0) is 22.6. The Morgan fingerprint density at radius 2 is 1.62 bits per heavy atom. The lowest BCUT2D eigenvalue weighted by Crippen LogP contribution is -2.50. The SMILES string of the molecule is CC(C)(C)c1ccc(NC(=O)N2CCN(CCn3ccnc3-c3ccccc3)CC2)cc1. The van der Waals surface area contributed by atoms with E-state index in [-0.39, 0.29) is 11.4 Å². The summed E-state index contributed by atoms with van der Waals surface area (Å²) >= 11 is 0. The van der Waals surface area contributed by atoms with E-state index in [2.05, 4.69) is 64.8 Å². The van der Waals surface area contributed by atoms with Crippen LogP contribution in [-0.2, 0) is 12.0 Å². The Hall–Kier alpha value is -3.12. The van der Waals surface area contributed by atoms with Gasteiger partial charge in [0.25, 0.3) is 0 Å². The van der Waals surface area contributed by atoms with E-state index in [1.807, 2.05) is 47.6 Å². The molecular formula is C26H33N5O. The van der Waals surface area contributed by atoms with Crippen LogP contribution in [0.2, 0.25) is 0 Å². The van der Waals surface area contributed by atoms with Gasteiger partial charge in [0.2, 0.25) is 0 Å². The summed E-state index contributed by atoms with van der Waals surface area (Å²) in [5.74, 6) is 1.00. The number of carbonyl (C=O) groups excluding carboxylic acids is 1. The smallest absolute Gasteiger partial charge is 0.321 e. The number of anilines is 1. The molecule has 0 saturated carbocycles. The van der Waals surface area contributed by atoms with Gasteiger partial charge in [0.1, 0.15) is 5.82 Å². The predicted octanol–water partition coefficient (Wildman–Crippen LogP) is 4.70. The number of benzene rings is 2. The van der Waals surface area contributed by atoms with Crippen LogP contribution in [0.3, 0.4) is 0 Å². The second kappa shape index (κ2) is 9.57. The fourth-order valence-corrected chi connectivity index (χ4v) is 4.02. The van der Waals surface area contributed by atoms with Crippen molar-refractivity contribution >= 4 is 11.7 Å². The largest absolute Gasteiger partial charge is 0.330 e. The molecule has 2 amide bonds. The molecule has 32 heavy (non-hydrogen) atoms. The maximum absolute atomic E-state index is 12.7. The Morgan fingerprint density at radius 1 is 0.938 bits per heavy atom. The number of urea groups is 1. The molecule has 0 aliphatic carbocycles. The molecule has 6 nitrogen and oxygen atoms in total. The second-order valence-electron chi connectivity index (χ2n) is 9.40. The van der Waals surface area contributed by atoms with Gasteiger partial charge in [-0.1, -0.05) is 63.2 Å². The van der Waals surface area contributed by atoms with E-state index in [4.69, 9.17) is 0 Å². The van der Waals surface area contributed by atoms with Crippen LogP contribution in [0.1, 0.15) is 26.3 Å². The summed E-state index contributed by atoms with van der Waals surface area (Å²) in [6.07, 6.45) is 3.90. The van der Waals surface area contributed by atoms with Crippen molar-refractivity contribution in [3.05, 3.63) is 72.6 Å². The standard InChI is InChI=1S/C26H33N5O/c1-26(2,3)22-9-11-23(12-10-22)28-25(32)31-19-16-29(17-20-31)15-18-30-14-13-27-24(30)21-7-5-4-6-8-21/h4-14H,15-20H2,1-3H3,(H,28,32). The van der Waals surface area contributed by atoms with E-state index in [1.54, 1.807) is 0 Å². The zero-order valence-corrected chi connectivity index (χ0v) is 19.3. The van der Waals surface area contributed by atoms with Gasteiger partial charge in [-0.3, -0.25) is 4.90 Å². The van der Waals surface area contributed by atoms with Crippen molar-refractivity contribution in [2.24, 2.45) is 0 Å². The van der Waals surface area contributed by atoms with Crippen molar-refractivity contribution in [1.82, 2.24) is 19.4 Å². The maximum Gasteiger partial charge on any atom is 0.321 e. The molecule has 0 atom stereocenters. The molecule has 2 heterocycles. The molecule has 1 aliphatic heterocycles. The maximum atomic E-state index is 12.7. The topological polar surface area (TPSA) is 53.4 Å². The van der Waals surface area contributed by atoms with Crippen molar-refractivity contribution in [1.29, 1.82) is 0 Å². The summed E-state index contributed by atoms with van der Waals surface area (Å²) in [6, 6.07) is 18.4. The summed E-state index contributed by atoms with van der Waals surface area (Å²) in [4.78, 5) is 21.5. The molecule has 2 aromatic carbocycles. The number of nitrogens with zero attached hydrogens (tertiary/aromatic N) is 4. The molecule has 1 aliphatic rings. The highest BCUT2D eigenvalue weighted by Gasteiger charge is 2.21. The minimum absolute atomic E-state index is 0.0193. The van der Waals surface area contributed by atoms with Gasteiger partial charge in [0.15, 0.2) is 0 Å². The van der Waals surface area contributed by atoms with E-state index >= 15 is 0 Å². The van der Waals surface area contributed by atoms with Crippen LogP contribution < -0.4 is 5.32 Å². The minimum atomic E-state index is -0.0193. The van der Waals surface area contributed by atoms with E-state index in [1.165, 1.54) is 5.56 Å². The quantitative estimate of drug-likeness (QED) is 0.637. The fourth-order valence-electron chi connectivity index (χ4n) is 4.02. The van der Waals surface area contributed by atoms with Crippen molar-refractivity contribution in [2.45, 2.75) is 32.7 Å². The van der Waals surface area contributed by atoms with E-state index in [0.717, 1.165) is 56.3 Å². The summed E-state index contributed by atoms with van der Waals surface area (Å²) in [7, 11) is 0. The van der Waals surface area contributed by atoms with Crippen LogP contribution in [0.15, 0.2) is 67.0 Å². The molecule has 4 rings (SSSR count). The molecule has 0 spiro atoms. The number of amides is 2. The number of hydrogen-bond donors (Lipinski definition) is 1. The van der Waals surface area contributed by atoms with Crippen molar-refractivity contribution in [3.8, 4) is 11.4 Å². The first-order valence-corrected chi connectivity index (χ1v) is 11.4. The molecular weight excluding hydrogens is 398 g/mol. The Morgan fingerprint density at radius 3 is 2.28 bits per heavy atom. The number of carbonyl (C=O) groups is 1. The van der Waals surface area contributed by atoms with Crippen molar-refractivity contribution < 1.29 is 4.79 Å². The molecule has 1 aromatic heterocycles. The van der Waals surface area contributed by atoms with Gasteiger partial charge in [0.05, 0.1) is 0 Å². The molecule has 0 radical (unpaired) electrons. The van der Waals surface area contributed by atoms with Crippen LogP contribution in [0.25, 0.3) is 11.4 Å². The minimum Gasteiger partial charge on any atom is -0.330 e. The van der Waals surface area contributed by atoms with Gasteiger partial charge in [0, 0.05) is 62.9 Å². The number of nitrogens with one attached hydrogen (secondary N) is 1. The first kappa shape index (κ1) is 22.1. The third-order valence-electron chi connectivity index (χ3n) is 6.07. The molecule has 6 heteroatoms. The van der Waals surface area contributed by atoms with E-state index < -0.39 is 0 Å². The Labute approximate surface area is 190 Å². The van der Waals surface area contributed by atoms with Gasteiger partial charge in [-0.15, -0.1) is 0 Å². The first-order valence-electron chi connectivity index (χ1n) is 11.4. The predicted molar refractivity (Wildman–Crippen MR) is 130 cm³/mol. The van der Waals surface area contributed by atoms with Crippen LogP contribution in [0.5, 0.6) is 0 Å². The molecule has 1 N–H and O–H groups in total. The number of hydrogen-bond acceptors (Lipinski definition) is 3. The molecule has 0 bridgehead atoms. The molecule has 3 aromatic rings. The summed E-state index contributed by atoms with van der Waals surface area (Å²) in [6.45, 7) is 11.6. The van der Waals surface area contributed by atoms with Crippen LogP contribution in [0, 0.1) is 0 Å². The van der Waals surface area contributed by atoms with Crippen molar-refractivity contribution in [3.63, 3.8) is 0 Å². The average molecular weight is 432 g/mol. The van der Waals surface area contributed by atoms with Crippen LogP contribution in [0.4, 0.5) is 10.5 Å². The van der Waals surface area contributed by atoms with Crippen molar-refractivity contribution in [2.75, 3.05) is 38.0 Å². The van der Waals surface area contributed by atoms with Gasteiger partial charge < -0.3 is 14.8 Å². The van der Waals surface area contributed by atoms with Crippen LogP contribution >= 0.6 is 0 Å². The van der Waals surface area contributed by atoms with E-state index in [9.17, 15) is 4.79 Å². The number of piperazine rings is 1. The van der Waals surface area contributed by atoms with Crippen LogP contribution in [-0.4, -0.2) is 58.1 Å². The third-order valence-corrected chi connectivity index (χ3v) is 6.07. The number of rotatable bonds is 5. The van der Waals surface area contributed by atoms with Gasteiger partial charge in [-0.25, -0.2) is 9.78 Å². The highest BCUT2D eigenvalue weighted by Crippen LogP contribution is 2.23. The molecule has 1 fully saturated rings. The Balaban J connectivity index is 1.25. The number of imidazole rings is 1. The lowest BCUT2D eigenvalue weighted by Gasteiger charge is -2.34. The summed E-state index contributed by atoms with van der Waals surface area (Å²) in [5.41, 5.74) is 3.35. The molecule has 0 unspecified atom stereocenters. The first-order chi connectivity index (χ1) is 15.4. The highest BCUT2D eigenvalue weighted by molar-refractivity contribution is 5.89.